The van der Waals surface area contributed by atoms with E-state index < -0.39 is 94.0 Å². The Kier molecular flexibility index (Phi) is 9.72. The van der Waals surface area contributed by atoms with E-state index in [2.05, 4.69) is 20.8 Å². The lowest BCUT2D eigenvalue weighted by Gasteiger charge is -2.44. The van der Waals surface area contributed by atoms with Crippen LogP contribution < -0.4 is 21.7 Å². The monoisotopic (exact) mass is 659 g/mol. The molecule has 0 saturated carbocycles. The van der Waals surface area contributed by atoms with Gasteiger partial charge in [0.15, 0.2) is 16.6 Å². The molecule has 1 aromatic rings. The van der Waals surface area contributed by atoms with E-state index in [1.54, 1.807) is 0 Å². The zero-order chi connectivity index (χ0) is 33.1. The maximum absolute atomic E-state index is 13.1. The van der Waals surface area contributed by atoms with Gasteiger partial charge in [-0.3, -0.25) is 28.5 Å². The van der Waals surface area contributed by atoms with Gasteiger partial charge in [0.05, 0.1) is 12.1 Å². The maximum Gasteiger partial charge on any atom is 0.362 e. The molecule has 1 aromatic heterocycles. The maximum atomic E-state index is 13.1. The molecule has 20 nitrogen and oxygen atoms in total. The number of hydrogen-bond acceptors (Lipinski definition) is 15. The van der Waals surface area contributed by atoms with Crippen molar-refractivity contribution >= 4 is 67.9 Å². The van der Waals surface area contributed by atoms with Crippen LogP contribution in [0.1, 0.15) is 19.5 Å². The zero-order valence-electron chi connectivity index (χ0n) is 22.6. The first kappa shape index (κ1) is 33.6. The highest BCUT2D eigenvalue weighted by Gasteiger charge is 2.54. The number of carbonyl (C=O) groups excluding carboxylic acids is 5. The Morgan fingerprint density at radius 2 is 1.82 bits per heavy atom. The number of ketones is 1. The number of nitrogens with one attached hydrogen (secondary N) is 3. The number of amides is 4. The number of carboxylic acid groups (broad SMARTS) is 1. The van der Waals surface area contributed by atoms with Crippen molar-refractivity contribution in [3.05, 3.63) is 34.6 Å². The second-order valence-electron chi connectivity index (χ2n) is 9.52. The summed E-state index contributed by atoms with van der Waals surface area (Å²) >= 11 is 0.874. The fourth-order valence-corrected chi connectivity index (χ4v) is 4.96. The van der Waals surface area contributed by atoms with E-state index in [-0.39, 0.29) is 20.7 Å². The van der Waals surface area contributed by atoms with Crippen molar-refractivity contribution in [2.75, 3.05) is 18.8 Å². The van der Waals surface area contributed by atoms with Crippen molar-refractivity contribution in [2.45, 2.75) is 37.6 Å². The molecule has 1 aliphatic heterocycles. The molecule has 238 valence electrons. The number of aromatic nitrogens is 1. The summed E-state index contributed by atoms with van der Waals surface area (Å²) in [6.07, 6.45) is 0.231. The second kappa shape index (κ2) is 12.7. The summed E-state index contributed by atoms with van der Waals surface area (Å²) in [5.41, 5.74) is 2.74. The van der Waals surface area contributed by atoms with E-state index in [9.17, 15) is 57.1 Å². The summed E-state index contributed by atoms with van der Waals surface area (Å²) < 4.78 is 33.0. The fraction of sp³-hybridized carbons (Fsp3) is 0.364. The number of nitrogens with zero attached hydrogens (tertiary/aromatic N) is 3. The summed E-state index contributed by atoms with van der Waals surface area (Å²) in [5.74, 6) is -8.25. The normalized spacial score (nSPS) is 20.6. The van der Waals surface area contributed by atoms with Crippen LogP contribution in [-0.2, 0) is 43.9 Å². The van der Waals surface area contributed by atoms with Crippen LogP contribution in [0.15, 0.2) is 34.0 Å². The highest BCUT2D eigenvalue weighted by molar-refractivity contribution is 7.84. The van der Waals surface area contributed by atoms with Crippen LogP contribution >= 0.6 is 11.3 Å². The molecule has 2 aliphatic rings. The molecule has 1 aliphatic carbocycles. The van der Waals surface area contributed by atoms with Crippen LogP contribution in [0.3, 0.4) is 0 Å². The van der Waals surface area contributed by atoms with Crippen molar-refractivity contribution in [3.8, 4) is 0 Å². The van der Waals surface area contributed by atoms with Crippen LogP contribution in [0.2, 0.25) is 0 Å². The van der Waals surface area contributed by atoms with E-state index in [4.69, 9.17) is 10.6 Å². The second-order valence-corrected chi connectivity index (χ2v) is 11.7. The van der Waals surface area contributed by atoms with Gasteiger partial charge in [-0.05, 0) is 31.6 Å². The zero-order valence-corrected chi connectivity index (χ0v) is 24.2. The molecule has 0 spiro atoms. The quantitative estimate of drug-likeness (QED) is 0.0373. The lowest BCUT2D eigenvalue weighted by molar-refractivity contribution is -0.161. The Morgan fingerprint density at radius 3 is 2.39 bits per heavy atom. The minimum atomic E-state index is -5.21. The largest absolute Gasteiger partial charge is 0.504 e. The summed E-state index contributed by atoms with van der Waals surface area (Å²) in [6.45, 7) is 0.938. The lowest BCUT2D eigenvalue weighted by Crippen LogP contribution is -2.74. The van der Waals surface area contributed by atoms with Gasteiger partial charge in [-0.15, -0.1) is 11.3 Å². The molecule has 9 N–H and O–H groups in total. The Morgan fingerprint density at radius 1 is 1.18 bits per heavy atom. The number of allylic oxidation sites excluding steroid dienone is 1. The van der Waals surface area contributed by atoms with Gasteiger partial charge in [-0.2, -0.15) is 8.42 Å². The number of nitrogens with two attached hydrogens (primary N) is 1. The number of rotatable bonds is 11. The first-order valence-corrected chi connectivity index (χ1v) is 14.3. The van der Waals surface area contributed by atoms with Crippen molar-refractivity contribution in [2.24, 2.45) is 5.16 Å². The molecule has 1 saturated heterocycles. The average Bonchev–Trinajstić information content (AvgIpc) is 3.35. The van der Waals surface area contributed by atoms with Gasteiger partial charge in [0.1, 0.15) is 11.7 Å². The third-order valence-corrected chi connectivity index (χ3v) is 7.58. The number of oxime groups is 1. The molecule has 44 heavy (non-hydrogen) atoms. The SMILES string of the molecule is CC(C)(ON=C(C(=O)N[C@@H]1C(=O)N(S(=O)(=O)O)[C@H]1CNC(=O)C(=O)NCC1=CC(=O)C(O)=CC1O)c1csc(N)n1)C(=O)O. The van der Waals surface area contributed by atoms with Gasteiger partial charge in [0.25, 0.3) is 11.8 Å². The van der Waals surface area contributed by atoms with Crippen LogP contribution in [0.25, 0.3) is 0 Å². The molecule has 0 bridgehead atoms. The van der Waals surface area contributed by atoms with E-state index in [1.807, 2.05) is 5.32 Å². The van der Waals surface area contributed by atoms with Crippen molar-refractivity contribution in [1.82, 2.24) is 25.2 Å². The Hall–Kier alpha value is -4.93. The minimum absolute atomic E-state index is 0.0235. The Labute approximate surface area is 251 Å². The molecular weight excluding hydrogens is 634 g/mol. The summed E-state index contributed by atoms with van der Waals surface area (Å²) in [4.78, 5) is 81.9. The number of aliphatic carboxylic acids is 1. The molecule has 0 radical (unpaired) electrons. The first-order chi connectivity index (χ1) is 20.3. The molecule has 1 unspecified atom stereocenters. The number of aliphatic hydroxyl groups is 2. The van der Waals surface area contributed by atoms with Gasteiger partial charge in [0, 0.05) is 18.5 Å². The highest BCUT2D eigenvalue weighted by Crippen LogP contribution is 2.24. The highest BCUT2D eigenvalue weighted by atomic mass is 32.2. The fourth-order valence-electron chi connectivity index (χ4n) is 3.53. The number of β-lactam (4-membered cyclic amide) rings is 1. The molecule has 1 fully saturated rings. The summed E-state index contributed by atoms with van der Waals surface area (Å²) in [5, 5.41) is 39.5. The van der Waals surface area contributed by atoms with Gasteiger partial charge in [0.2, 0.25) is 11.4 Å². The molecule has 4 amide bonds. The smallest absolute Gasteiger partial charge is 0.362 e. The third kappa shape index (κ3) is 7.52. The predicted molar refractivity (Wildman–Crippen MR) is 146 cm³/mol. The number of anilines is 1. The van der Waals surface area contributed by atoms with Gasteiger partial charge >= 0.3 is 28.1 Å². The van der Waals surface area contributed by atoms with Gasteiger partial charge < -0.3 is 41.8 Å². The van der Waals surface area contributed by atoms with Crippen LogP contribution in [0, 0.1) is 0 Å². The Bertz CT molecular complexity index is 1610. The van der Waals surface area contributed by atoms with Gasteiger partial charge in [-0.25, -0.2) is 14.1 Å². The van der Waals surface area contributed by atoms with Crippen molar-refractivity contribution in [1.29, 1.82) is 0 Å². The first-order valence-electron chi connectivity index (χ1n) is 12.1. The summed E-state index contributed by atoms with van der Waals surface area (Å²) in [7, 11) is -5.21. The molecule has 0 aromatic carbocycles. The number of aliphatic hydroxyl groups excluding tert-OH is 2. The van der Waals surface area contributed by atoms with E-state index in [0.29, 0.717) is 0 Å². The number of carboxylic acids is 1. The standard InChI is InChI=1S/C22H25N7O13S2/c1-22(2,20(37)38)42-28-14(9-7-43-21(23)26-9)16(33)27-15-10(29(19(15)36)44(39,40)41)6-25-18(35)17(34)24-5-8-3-12(31)13(32)4-11(8)30/h3-4,7,10-11,15,30,32H,5-6H2,1-2H3,(H2,23,26)(H,24,34)(H,25,35)(H,27,33)(H,37,38)(H,39,40,41)/t10-,11?,15-/m0/s1. The molecule has 22 heteroatoms. The van der Waals surface area contributed by atoms with Crippen molar-refractivity contribution < 1.29 is 61.9 Å². The number of hydrogen-bond donors (Lipinski definition) is 8. The minimum Gasteiger partial charge on any atom is -0.504 e. The summed E-state index contributed by atoms with van der Waals surface area (Å²) in [6, 6.07) is -3.39. The van der Waals surface area contributed by atoms with Crippen LogP contribution in [0.5, 0.6) is 0 Å². The number of carbonyl (C=O) groups is 6. The predicted octanol–water partition coefficient (Wildman–Crippen LogP) is -3.65. The van der Waals surface area contributed by atoms with Crippen molar-refractivity contribution in [3.63, 3.8) is 0 Å². The topological polar surface area (TPSA) is 317 Å². The van der Waals surface area contributed by atoms with E-state index in [1.165, 1.54) is 5.38 Å². The third-order valence-electron chi connectivity index (χ3n) is 5.96. The van der Waals surface area contributed by atoms with E-state index in [0.717, 1.165) is 37.3 Å². The number of nitrogen functional groups attached to an aromatic ring is 1. The van der Waals surface area contributed by atoms with Gasteiger partial charge in [-0.1, -0.05) is 5.16 Å². The Balaban J connectivity index is 1.73. The molecule has 3 rings (SSSR count). The molecular formula is C22H25N7O13S2. The van der Waals surface area contributed by atoms with Crippen LogP contribution in [-0.4, -0.2) is 116 Å². The van der Waals surface area contributed by atoms with Crippen LogP contribution in [0.4, 0.5) is 5.13 Å². The molecule has 3 atom stereocenters. The molecule has 2 heterocycles. The number of thiazole rings is 1. The van der Waals surface area contributed by atoms with E-state index >= 15 is 0 Å². The average molecular weight is 660 g/mol. The lowest BCUT2D eigenvalue weighted by atomic mass is 9.98.